The van der Waals surface area contributed by atoms with E-state index >= 15 is 0 Å². The summed E-state index contributed by atoms with van der Waals surface area (Å²) in [5, 5.41) is 179. The van der Waals surface area contributed by atoms with Gasteiger partial charge in [-0.2, -0.15) is 0 Å². The molecule has 0 spiro atoms. The second kappa shape index (κ2) is 35.8. The lowest BCUT2D eigenvalue weighted by atomic mass is 10.0. The number of anilines is 2. The average molecular weight is 1110 g/mol. The number of nitrogens with one attached hydrogen (secondary N) is 10. The molecule has 8 atom stereocenters. The highest BCUT2D eigenvalue weighted by Gasteiger charge is 2.35. The van der Waals surface area contributed by atoms with Gasteiger partial charge >= 0.3 is 29.8 Å². The number of aromatic carboxylic acids is 3. The Kier molecular flexibility index (Phi) is 32.3. The Morgan fingerprint density at radius 3 is 1.09 bits per heavy atom. The van der Waals surface area contributed by atoms with Gasteiger partial charge in [-0.25, -0.2) is 24.0 Å². The molecule has 75 heavy (non-hydrogen) atoms. The molecule has 0 aliphatic rings. The number of halogens is 2. The summed E-state index contributed by atoms with van der Waals surface area (Å²) < 4.78 is 0. The normalized spacial score (nSPS) is 13.5. The third-order valence-corrected chi connectivity index (χ3v) is 9.68. The number of carboxylic acid groups (broad SMARTS) is 5. The number of benzene rings is 3. The molecule has 416 valence electrons. The molecule has 32 heteroatoms. The van der Waals surface area contributed by atoms with Gasteiger partial charge in [-0.3, -0.25) is 32.3 Å². The molecular weight excluding hydrogens is 1050 g/mol. The molecule has 3 rings (SSSR count). The third kappa shape index (κ3) is 27.5. The molecule has 0 saturated carbocycles. The van der Waals surface area contributed by atoms with Crippen molar-refractivity contribution in [2.45, 2.75) is 74.5 Å². The first kappa shape index (κ1) is 67.7. The lowest BCUT2D eigenvalue weighted by Gasteiger charge is -2.23. The number of hydrogen-bond acceptors (Lipinski definition) is 19. The van der Waals surface area contributed by atoms with E-state index in [4.69, 9.17) is 121 Å². The maximum absolute atomic E-state index is 10.6. The average Bonchev–Trinajstić information content (AvgIpc) is 3.36. The fourth-order valence-electron chi connectivity index (χ4n) is 5.16. The number of aliphatic carboxylic acids is 2. The highest BCUT2D eigenvalue weighted by atomic mass is 35.5. The molecule has 0 aliphatic carbocycles. The highest BCUT2D eigenvalue weighted by molar-refractivity contribution is 6.31. The van der Waals surface area contributed by atoms with Gasteiger partial charge in [0.1, 0.15) is 36.6 Å². The van der Waals surface area contributed by atoms with Gasteiger partial charge in [0.05, 0.1) is 29.9 Å². The van der Waals surface area contributed by atoms with Crippen molar-refractivity contribution < 1.29 is 101 Å². The second-order valence-corrected chi connectivity index (χ2v) is 15.9. The Morgan fingerprint density at radius 2 is 0.800 bits per heavy atom. The Morgan fingerprint density at radius 1 is 0.453 bits per heavy atom. The fourth-order valence-corrected chi connectivity index (χ4v) is 5.42. The number of hydrogen-bond donors (Lipinski definition) is 25. The van der Waals surface area contributed by atoms with Crippen molar-refractivity contribution in [3.63, 3.8) is 0 Å². The van der Waals surface area contributed by atoms with Crippen LogP contribution in [0.1, 0.15) is 56.8 Å². The monoisotopic (exact) mass is 1110 g/mol. The molecule has 3 aromatic carbocycles. The van der Waals surface area contributed by atoms with Crippen LogP contribution < -0.4 is 31.9 Å². The second-order valence-electron chi connectivity index (χ2n) is 15.0. The van der Waals surface area contributed by atoms with Crippen molar-refractivity contribution in [3.05, 3.63) is 93.5 Å². The minimum atomic E-state index is -2.20. The zero-order chi connectivity index (χ0) is 57.5. The van der Waals surface area contributed by atoms with Gasteiger partial charge < -0.3 is 97.9 Å². The molecule has 30 nitrogen and oxygen atoms in total. The lowest BCUT2D eigenvalue weighted by Crippen LogP contribution is -2.48. The summed E-state index contributed by atoms with van der Waals surface area (Å²) in [6, 6.07) is 16.7. The summed E-state index contributed by atoms with van der Waals surface area (Å²) in [6.45, 7) is -0.439. The molecule has 0 aliphatic heterocycles. The zero-order valence-corrected chi connectivity index (χ0v) is 40.6. The van der Waals surface area contributed by atoms with Crippen molar-refractivity contribution in [2.75, 3.05) is 36.9 Å². The third-order valence-electron chi connectivity index (χ3n) is 9.18. The molecule has 0 radical (unpaired) electrons. The van der Waals surface area contributed by atoms with Crippen LogP contribution in [0.25, 0.3) is 0 Å². The van der Waals surface area contributed by atoms with Gasteiger partial charge in [0.15, 0.2) is 36.0 Å². The molecular formula is C43H60Cl2N10O20. The van der Waals surface area contributed by atoms with Gasteiger partial charge in [-0.05, 0) is 79.6 Å². The van der Waals surface area contributed by atoms with Crippen LogP contribution in [-0.2, 0) is 9.59 Å². The van der Waals surface area contributed by atoms with Gasteiger partial charge in [0.25, 0.3) is 0 Å². The number of guanidine groups is 4. The topological polar surface area (TPSA) is 556 Å². The van der Waals surface area contributed by atoms with E-state index < -0.39 is 103 Å². The largest absolute Gasteiger partial charge is 0.479 e. The van der Waals surface area contributed by atoms with Crippen LogP contribution in [0.15, 0.2) is 66.7 Å². The van der Waals surface area contributed by atoms with Crippen LogP contribution in [0.2, 0.25) is 10.0 Å². The quantitative estimate of drug-likeness (QED) is 0.0293. The van der Waals surface area contributed by atoms with Gasteiger partial charge in [-0.15, -0.1) is 0 Å². The molecule has 3 aromatic rings. The van der Waals surface area contributed by atoms with E-state index in [1.54, 1.807) is 48.5 Å². The summed E-state index contributed by atoms with van der Waals surface area (Å²) in [7, 11) is 0. The Bertz CT molecular complexity index is 2220. The molecule has 0 amide bonds. The predicted molar refractivity (Wildman–Crippen MR) is 267 cm³/mol. The maximum Gasteiger partial charge on any atom is 0.336 e. The van der Waals surface area contributed by atoms with Crippen LogP contribution in [0.3, 0.4) is 0 Å². The number of carbonyl (C=O) groups is 5. The summed E-state index contributed by atoms with van der Waals surface area (Å²) in [4.78, 5) is 51.9. The smallest absolute Gasteiger partial charge is 0.336 e. The van der Waals surface area contributed by atoms with Crippen LogP contribution in [0.4, 0.5) is 11.4 Å². The molecule has 0 saturated heterocycles. The highest BCUT2D eigenvalue weighted by Crippen LogP contribution is 2.15. The van der Waals surface area contributed by atoms with Gasteiger partial charge in [-0.1, -0.05) is 36.0 Å². The number of rotatable bonds is 22. The lowest BCUT2D eigenvalue weighted by molar-refractivity contribution is -0.164. The van der Waals surface area contributed by atoms with Gasteiger partial charge in [0.2, 0.25) is 0 Å². The van der Waals surface area contributed by atoms with E-state index in [1.807, 2.05) is 0 Å². The maximum atomic E-state index is 10.6. The van der Waals surface area contributed by atoms with E-state index in [2.05, 4.69) is 31.9 Å². The van der Waals surface area contributed by atoms with E-state index in [9.17, 15) is 24.0 Å². The SMILES string of the molecule is N=C(NCCCCCCNC(=N)NC(=N)Nc1ccc(Cl)cc1)NC(=N)Nc1ccc(Cl)cc1.O=C(O)[C@H](O)[C@@H](O)[C@H](O)[C@H](O)CO.O=C(O)[C@H](O)[C@@H](O)[C@H](O)[C@H](O)CO.O=C(O)c1ccc(C(=O)O)c(C(=O)O)c1. The molecule has 0 aromatic heterocycles. The summed E-state index contributed by atoms with van der Waals surface area (Å²) in [6.07, 6.45) is -12.0. The minimum absolute atomic E-state index is 0.00148. The fraction of sp³-hybridized carbons (Fsp3) is 0.372. The van der Waals surface area contributed by atoms with E-state index in [-0.39, 0.29) is 29.4 Å². The number of unbranched alkanes of at least 4 members (excludes halogenated alkanes) is 3. The predicted octanol–water partition coefficient (Wildman–Crippen LogP) is -2.03. The van der Waals surface area contributed by atoms with Crippen LogP contribution >= 0.6 is 23.2 Å². The molecule has 0 heterocycles. The van der Waals surface area contributed by atoms with E-state index in [0.717, 1.165) is 43.9 Å². The Balaban J connectivity index is 0.00000110. The minimum Gasteiger partial charge on any atom is -0.479 e. The number of aliphatic hydroxyl groups excluding tert-OH is 10. The first-order valence-electron chi connectivity index (χ1n) is 21.4. The van der Waals surface area contributed by atoms with Crippen molar-refractivity contribution >= 4 is 88.3 Å². The molecule has 0 fully saturated rings. The summed E-state index contributed by atoms with van der Waals surface area (Å²) in [5.41, 5.74) is 0.176. The van der Waals surface area contributed by atoms with Gasteiger partial charge in [0, 0.05) is 34.5 Å². The van der Waals surface area contributed by atoms with Crippen LogP contribution in [0, 0.1) is 21.6 Å². The van der Waals surface area contributed by atoms with Crippen LogP contribution in [-0.4, -0.2) is 205 Å². The zero-order valence-electron chi connectivity index (χ0n) is 39.1. The van der Waals surface area contributed by atoms with Crippen molar-refractivity contribution in [2.24, 2.45) is 0 Å². The van der Waals surface area contributed by atoms with Crippen LogP contribution in [0.5, 0.6) is 0 Å². The van der Waals surface area contributed by atoms with Crippen molar-refractivity contribution in [1.29, 1.82) is 21.6 Å². The van der Waals surface area contributed by atoms with E-state index in [1.165, 1.54) is 0 Å². The first-order chi connectivity index (χ1) is 35.1. The van der Waals surface area contributed by atoms with Crippen molar-refractivity contribution in [1.82, 2.24) is 21.3 Å². The summed E-state index contributed by atoms with van der Waals surface area (Å²) in [5.74, 6) is -7.54. The number of carboxylic acids is 5. The molecule has 0 unspecified atom stereocenters. The van der Waals surface area contributed by atoms with E-state index in [0.29, 0.717) is 34.5 Å². The Labute approximate surface area is 435 Å². The molecule has 0 bridgehead atoms. The first-order valence-corrected chi connectivity index (χ1v) is 22.2. The molecule has 25 N–H and O–H groups in total. The standard InChI is InChI=1S/C22H30Cl2N10.C9H6O6.2C6H12O7/c23-15-5-9-17(10-6-15)31-21(27)33-19(25)29-13-3-1-2-4-14-30-20(26)34-22(28)32-18-11-7-16(24)8-12-18;10-7(11)4-1-2-5(8(12)13)6(3-4)9(14)15;2*7-1-2(8)3(9)4(10)5(11)6(12)13/h5-12H,1-4,13-14H2,(H5,25,27,29,31,33)(H5,26,28,30,32,34);1-3H,(H,10,11)(H,12,13)(H,14,15);2*2-5,7-11H,1H2,(H,12,13)/t;;2*2-,3-,4+,5-/m..11/s1. The number of aliphatic hydroxyl groups is 10. The van der Waals surface area contributed by atoms with Crippen molar-refractivity contribution in [3.8, 4) is 0 Å². The summed E-state index contributed by atoms with van der Waals surface area (Å²) >= 11 is 11.7. The Hall–Kier alpha value is -7.33.